The molecular formula is C23H20FNO5. The van der Waals surface area contributed by atoms with Crippen LogP contribution in [0.3, 0.4) is 0 Å². The number of hydrogen-bond acceptors (Lipinski definition) is 4. The number of carbonyl (C=O) groups is 3. The number of nitrogens with zero attached hydrogens (tertiary/aromatic N) is 1. The summed E-state index contributed by atoms with van der Waals surface area (Å²) in [4.78, 5) is 37.5. The van der Waals surface area contributed by atoms with Crippen molar-refractivity contribution in [2.75, 3.05) is 6.54 Å². The number of aliphatic hydroxyl groups is 1. The number of carbonyl (C=O) groups excluding carboxylic acids is 2. The molecule has 0 aromatic heterocycles. The van der Waals surface area contributed by atoms with Gasteiger partial charge in [-0.05, 0) is 24.1 Å². The molecule has 2 aromatic carbocycles. The van der Waals surface area contributed by atoms with Crippen molar-refractivity contribution in [3.05, 3.63) is 88.9 Å². The standard InChI is InChI=1S/C23H20FNO5/c24-17-10-5-4-9-16(17)21-20(18(26)13-12-15-7-2-1-3-8-15)22(29)23(30)25(21)14-6-11-19(27)28/h1-5,7-10,12-13,21,29H,6,11,14H2,(H,27,28)/b13-12+. The number of carboxylic acids is 1. The third-order valence-corrected chi connectivity index (χ3v) is 4.79. The van der Waals surface area contributed by atoms with E-state index in [1.165, 1.54) is 24.3 Å². The van der Waals surface area contributed by atoms with Gasteiger partial charge in [0, 0.05) is 18.5 Å². The van der Waals surface area contributed by atoms with Crippen LogP contribution in [0.25, 0.3) is 6.08 Å². The van der Waals surface area contributed by atoms with Gasteiger partial charge in [-0.15, -0.1) is 0 Å². The van der Waals surface area contributed by atoms with E-state index in [0.717, 1.165) is 10.5 Å². The van der Waals surface area contributed by atoms with E-state index < -0.39 is 35.3 Å². The van der Waals surface area contributed by atoms with Crippen molar-refractivity contribution in [3.63, 3.8) is 0 Å². The van der Waals surface area contributed by atoms with Crippen LogP contribution in [0.5, 0.6) is 0 Å². The van der Waals surface area contributed by atoms with Gasteiger partial charge in [-0.1, -0.05) is 54.6 Å². The number of rotatable bonds is 8. The quantitative estimate of drug-likeness (QED) is 0.649. The summed E-state index contributed by atoms with van der Waals surface area (Å²) in [5.74, 6) is -3.88. The largest absolute Gasteiger partial charge is 0.503 e. The number of aliphatic carboxylic acids is 1. The van der Waals surface area contributed by atoms with E-state index in [4.69, 9.17) is 5.11 Å². The van der Waals surface area contributed by atoms with Gasteiger partial charge >= 0.3 is 5.97 Å². The molecule has 0 saturated heterocycles. The Morgan fingerprint density at radius 2 is 1.73 bits per heavy atom. The first-order valence-electron chi connectivity index (χ1n) is 9.38. The molecule has 1 aliphatic rings. The van der Waals surface area contributed by atoms with Crippen LogP contribution in [-0.2, 0) is 14.4 Å². The minimum atomic E-state index is -1.14. The van der Waals surface area contributed by atoms with Crippen LogP contribution >= 0.6 is 0 Å². The number of allylic oxidation sites excluding steroid dienone is 1. The number of aliphatic hydroxyl groups excluding tert-OH is 1. The molecule has 6 nitrogen and oxygen atoms in total. The fraction of sp³-hybridized carbons (Fsp3) is 0.174. The summed E-state index contributed by atoms with van der Waals surface area (Å²) < 4.78 is 14.5. The van der Waals surface area contributed by atoms with Gasteiger partial charge in [0.15, 0.2) is 11.5 Å². The Kier molecular flexibility index (Phi) is 6.41. The van der Waals surface area contributed by atoms with Crippen molar-refractivity contribution in [1.82, 2.24) is 4.90 Å². The minimum absolute atomic E-state index is 0.0482. The van der Waals surface area contributed by atoms with Crippen LogP contribution in [-0.4, -0.2) is 39.3 Å². The molecule has 0 saturated carbocycles. The molecule has 0 bridgehead atoms. The Morgan fingerprint density at radius 3 is 2.40 bits per heavy atom. The van der Waals surface area contributed by atoms with Crippen molar-refractivity contribution in [2.24, 2.45) is 0 Å². The van der Waals surface area contributed by atoms with Crippen LogP contribution in [0, 0.1) is 5.82 Å². The molecule has 2 N–H and O–H groups in total. The summed E-state index contributed by atoms with van der Waals surface area (Å²) in [5, 5.41) is 19.3. The van der Waals surface area contributed by atoms with Gasteiger partial charge in [0.2, 0.25) is 0 Å². The molecule has 0 radical (unpaired) electrons. The summed E-state index contributed by atoms with van der Waals surface area (Å²) in [6.07, 6.45) is 2.66. The topological polar surface area (TPSA) is 94.9 Å². The van der Waals surface area contributed by atoms with Gasteiger partial charge in [-0.25, -0.2) is 4.39 Å². The lowest BCUT2D eigenvalue weighted by molar-refractivity contribution is -0.138. The molecule has 1 unspecified atom stereocenters. The number of ketones is 1. The van der Waals surface area contributed by atoms with Crippen LogP contribution < -0.4 is 0 Å². The summed E-state index contributed by atoms with van der Waals surface area (Å²) >= 11 is 0. The fourth-order valence-electron chi connectivity index (χ4n) is 3.38. The molecule has 1 aliphatic heterocycles. The Hall–Kier alpha value is -3.74. The normalized spacial score (nSPS) is 16.5. The molecule has 2 aromatic rings. The van der Waals surface area contributed by atoms with E-state index in [0.29, 0.717) is 0 Å². The molecule has 154 valence electrons. The molecule has 0 aliphatic carbocycles. The molecular weight excluding hydrogens is 389 g/mol. The highest BCUT2D eigenvalue weighted by Crippen LogP contribution is 2.39. The van der Waals surface area contributed by atoms with Crippen molar-refractivity contribution in [1.29, 1.82) is 0 Å². The van der Waals surface area contributed by atoms with Crippen LogP contribution in [0.15, 0.2) is 72.0 Å². The van der Waals surface area contributed by atoms with Crippen LogP contribution in [0.2, 0.25) is 0 Å². The lowest BCUT2D eigenvalue weighted by atomic mass is 9.95. The van der Waals surface area contributed by atoms with Crippen molar-refractivity contribution in [2.45, 2.75) is 18.9 Å². The first-order chi connectivity index (χ1) is 14.4. The van der Waals surface area contributed by atoms with Gasteiger partial charge in [-0.3, -0.25) is 14.4 Å². The third-order valence-electron chi connectivity index (χ3n) is 4.79. The molecule has 1 heterocycles. The average Bonchev–Trinajstić information content (AvgIpc) is 2.98. The Morgan fingerprint density at radius 1 is 1.07 bits per heavy atom. The molecule has 3 rings (SSSR count). The second kappa shape index (κ2) is 9.17. The second-order valence-corrected chi connectivity index (χ2v) is 6.79. The predicted octanol–water partition coefficient (Wildman–Crippen LogP) is 3.67. The Labute approximate surface area is 172 Å². The summed E-state index contributed by atoms with van der Waals surface area (Å²) in [7, 11) is 0. The number of halogens is 1. The molecule has 1 amide bonds. The van der Waals surface area contributed by atoms with E-state index >= 15 is 0 Å². The summed E-state index contributed by atoms with van der Waals surface area (Å²) in [6, 6.07) is 13.5. The van der Waals surface area contributed by atoms with Crippen LogP contribution in [0.4, 0.5) is 4.39 Å². The number of hydrogen-bond donors (Lipinski definition) is 2. The minimum Gasteiger partial charge on any atom is -0.503 e. The zero-order chi connectivity index (χ0) is 21.7. The summed E-state index contributed by atoms with van der Waals surface area (Å²) in [6.45, 7) is -0.0482. The second-order valence-electron chi connectivity index (χ2n) is 6.79. The molecule has 1 atom stereocenters. The highest BCUT2D eigenvalue weighted by Gasteiger charge is 2.43. The van der Waals surface area contributed by atoms with Crippen LogP contribution in [0.1, 0.15) is 30.0 Å². The smallest absolute Gasteiger partial charge is 0.303 e. The maximum Gasteiger partial charge on any atom is 0.303 e. The molecule has 0 spiro atoms. The van der Waals surface area contributed by atoms with Gasteiger partial charge < -0.3 is 15.1 Å². The number of carboxylic acid groups (broad SMARTS) is 1. The maximum atomic E-state index is 14.5. The molecule has 30 heavy (non-hydrogen) atoms. The molecule has 0 fully saturated rings. The predicted molar refractivity (Wildman–Crippen MR) is 108 cm³/mol. The van der Waals surface area contributed by atoms with Crippen molar-refractivity contribution >= 4 is 23.7 Å². The summed E-state index contributed by atoms with van der Waals surface area (Å²) in [5.41, 5.74) is 0.574. The third kappa shape index (κ3) is 4.46. The first-order valence-corrected chi connectivity index (χ1v) is 9.38. The maximum absolute atomic E-state index is 14.5. The first kappa shape index (κ1) is 21.0. The van der Waals surface area contributed by atoms with E-state index in [1.54, 1.807) is 36.4 Å². The Bertz CT molecular complexity index is 1030. The average molecular weight is 409 g/mol. The highest BCUT2D eigenvalue weighted by molar-refractivity contribution is 6.14. The van der Waals surface area contributed by atoms with E-state index in [-0.39, 0.29) is 30.5 Å². The fourth-order valence-corrected chi connectivity index (χ4v) is 3.38. The van der Waals surface area contributed by atoms with Crippen molar-refractivity contribution in [3.8, 4) is 0 Å². The highest BCUT2D eigenvalue weighted by atomic mass is 19.1. The van der Waals surface area contributed by atoms with Gasteiger partial charge in [0.05, 0.1) is 11.6 Å². The van der Waals surface area contributed by atoms with Gasteiger partial charge in [-0.2, -0.15) is 0 Å². The SMILES string of the molecule is O=C(O)CCCN1C(=O)C(O)=C(C(=O)/C=C/c2ccccc2)C1c1ccccc1F. The van der Waals surface area contributed by atoms with Gasteiger partial charge in [0.1, 0.15) is 5.82 Å². The number of amides is 1. The lowest BCUT2D eigenvalue weighted by Gasteiger charge is -2.26. The zero-order valence-electron chi connectivity index (χ0n) is 16.0. The molecule has 7 heteroatoms. The number of benzene rings is 2. The Balaban J connectivity index is 1.96. The van der Waals surface area contributed by atoms with Crippen molar-refractivity contribution < 1.29 is 29.0 Å². The van der Waals surface area contributed by atoms with E-state index in [1.807, 2.05) is 6.07 Å². The monoisotopic (exact) mass is 409 g/mol. The lowest BCUT2D eigenvalue weighted by Crippen LogP contribution is -2.32. The zero-order valence-corrected chi connectivity index (χ0v) is 16.0. The van der Waals surface area contributed by atoms with Gasteiger partial charge in [0.25, 0.3) is 5.91 Å². The van der Waals surface area contributed by atoms with E-state index in [9.17, 15) is 23.9 Å². The van der Waals surface area contributed by atoms with E-state index in [2.05, 4.69) is 0 Å².